The van der Waals surface area contributed by atoms with E-state index < -0.39 is 11.2 Å². The van der Waals surface area contributed by atoms with Crippen molar-refractivity contribution >= 4 is 5.97 Å². The van der Waals surface area contributed by atoms with Crippen LogP contribution in [0.2, 0.25) is 0 Å². The molecule has 0 heterocycles. The Morgan fingerprint density at radius 2 is 1.75 bits per heavy atom. The summed E-state index contributed by atoms with van der Waals surface area (Å²) in [6, 6.07) is 0. The van der Waals surface area contributed by atoms with Gasteiger partial charge in [-0.1, -0.05) is 13.0 Å². The summed E-state index contributed by atoms with van der Waals surface area (Å²) >= 11 is 0. The Bertz CT molecular complexity index is 420. The average molecular weight is 278 g/mol. The van der Waals surface area contributed by atoms with Gasteiger partial charge < -0.3 is 9.84 Å². The van der Waals surface area contributed by atoms with E-state index in [-0.39, 0.29) is 11.9 Å². The third-order valence-corrected chi connectivity index (χ3v) is 5.83. The van der Waals surface area contributed by atoms with Crippen LogP contribution in [0.4, 0.5) is 0 Å². The monoisotopic (exact) mass is 278 g/mol. The van der Waals surface area contributed by atoms with Crippen molar-refractivity contribution in [2.45, 2.75) is 75.9 Å². The van der Waals surface area contributed by atoms with E-state index in [1.54, 1.807) is 6.92 Å². The van der Waals surface area contributed by atoms with E-state index in [0.29, 0.717) is 11.5 Å². The molecular formula is C17H26O3. The van der Waals surface area contributed by atoms with Gasteiger partial charge in [-0.3, -0.25) is 0 Å². The molecule has 0 amide bonds. The summed E-state index contributed by atoms with van der Waals surface area (Å²) in [7, 11) is 0. The molecule has 1 N–H and O–H groups in total. The van der Waals surface area contributed by atoms with Gasteiger partial charge in [0.2, 0.25) is 0 Å². The zero-order valence-corrected chi connectivity index (χ0v) is 12.5. The van der Waals surface area contributed by atoms with Gasteiger partial charge in [0, 0.05) is 11.5 Å². The summed E-state index contributed by atoms with van der Waals surface area (Å²) in [4.78, 5) is 12.1. The van der Waals surface area contributed by atoms with Crippen LogP contribution < -0.4 is 0 Å². The quantitative estimate of drug-likeness (QED) is 0.622. The fraction of sp³-hybridized carbons (Fsp3) is 0.824. The summed E-state index contributed by atoms with van der Waals surface area (Å²) in [5.74, 6) is 0.399. The zero-order chi connectivity index (χ0) is 14.4. The lowest BCUT2D eigenvalue weighted by atomic mass is 9.52. The van der Waals surface area contributed by atoms with E-state index in [4.69, 9.17) is 4.74 Å². The van der Waals surface area contributed by atoms with Crippen molar-refractivity contribution in [1.29, 1.82) is 0 Å². The Balaban J connectivity index is 1.93. The predicted molar refractivity (Wildman–Crippen MR) is 77.1 cm³/mol. The molecule has 4 unspecified atom stereocenters. The summed E-state index contributed by atoms with van der Waals surface area (Å²) in [6.07, 6.45) is 9.12. The molecule has 4 atom stereocenters. The van der Waals surface area contributed by atoms with Crippen molar-refractivity contribution in [3.8, 4) is 0 Å². The number of aliphatic hydroxyl groups is 1. The molecule has 0 radical (unpaired) electrons. The molecule has 112 valence electrons. The van der Waals surface area contributed by atoms with Crippen LogP contribution in [0.25, 0.3) is 0 Å². The summed E-state index contributed by atoms with van der Waals surface area (Å²) in [5.41, 5.74) is -0.560. The average Bonchev–Trinajstić information content (AvgIpc) is 2.38. The van der Waals surface area contributed by atoms with E-state index in [1.807, 2.05) is 0 Å². The molecule has 0 aromatic carbocycles. The first kappa shape index (κ1) is 14.1. The van der Waals surface area contributed by atoms with Crippen molar-refractivity contribution < 1.29 is 14.6 Å². The van der Waals surface area contributed by atoms with Gasteiger partial charge in [-0.25, -0.2) is 4.79 Å². The van der Waals surface area contributed by atoms with Crippen molar-refractivity contribution in [3.63, 3.8) is 0 Å². The first-order valence-corrected chi connectivity index (χ1v) is 8.08. The van der Waals surface area contributed by atoms with Crippen LogP contribution in [0.1, 0.15) is 64.7 Å². The molecular weight excluding hydrogens is 252 g/mol. The van der Waals surface area contributed by atoms with Crippen LogP contribution in [-0.4, -0.2) is 22.3 Å². The van der Waals surface area contributed by atoms with Gasteiger partial charge in [-0.05, 0) is 64.2 Å². The minimum atomic E-state index is -0.600. The third-order valence-electron chi connectivity index (χ3n) is 5.83. The highest BCUT2D eigenvalue weighted by atomic mass is 16.6. The van der Waals surface area contributed by atoms with Gasteiger partial charge in [0.25, 0.3) is 0 Å². The summed E-state index contributed by atoms with van der Waals surface area (Å²) < 4.78 is 5.95. The van der Waals surface area contributed by atoms with E-state index in [9.17, 15) is 9.90 Å². The molecule has 3 heteroatoms. The van der Waals surface area contributed by atoms with Crippen molar-refractivity contribution in [1.82, 2.24) is 0 Å². The molecule has 0 spiro atoms. The molecule has 0 aromatic heterocycles. The Labute approximate surface area is 121 Å². The number of hydrogen-bond donors (Lipinski definition) is 1. The van der Waals surface area contributed by atoms with E-state index in [2.05, 4.69) is 6.58 Å². The molecule has 3 saturated carbocycles. The van der Waals surface area contributed by atoms with Crippen LogP contribution in [0.3, 0.4) is 0 Å². The fourth-order valence-electron chi connectivity index (χ4n) is 5.17. The van der Waals surface area contributed by atoms with Gasteiger partial charge in [0.15, 0.2) is 0 Å². The SMILES string of the molecule is C=C(C)C(=O)OC12CCCC3CCCC(O)(CCC1)C32. The number of hydrogen-bond acceptors (Lipinski definition) is 3. The molecule has 3 aliphatic carbocycles. The minimum Gasteiger partial charge on any atom is -0.455 e. The number of esters is 1. The Kier molecular flexibility index (Phi) is 3.44. The van der Waals surface area contributed by atoms with Crippen molar-refractivity contribution in [2.75, 3.05) is 0 Å². The molecule has 0 aliphatic heterocycles. The Morgan fingerprint density at radius 3 is 2.45 bits per heavy atom. The van der Waals surface area contributed by atoms with Crippen molar-refractivity contribution in [2.24, 2.45) is 11.8 Å². The van der Waals surface area contributed by atoms with Gasteiger partial charge in [-0.2, -0.15) is 0 Å². The molecule has 3 fully saturated rings. The fourth-order valence-corrected chi connectivity index (χ4v) is 5.17. The van der Waals surface area contributed by atoms with Gasteiger partial charge in [-0.15, -0.1) is 0 Å². The van der Waals surface area contributed by atoms with Crippen LogP contribution >= 0.6 is 0 Å². The van der Waals surface area contributed by atoms with Crippen LogP contribution in [-0.2, 0) is 9.53 Å². The highest BCUT2D eigenvalue weighted by Gasteiger charge is 2.60. The number of rotatable bonds is 2. The van der Waals surface area contributed by atoms with E-state index in [1.165, 1.54) is 12.8 Å². The van der Waals surface area contributed by atoms with Gasteiger partial charge >= 0.3 is 5.97 Å². The standard InChI is InChI=1S/C17H26O3/c1-12(2)15(18)20-17-10-4-7-13-6-3-8-16(19,14(13)17)9-5-11-17/h13-14,19H,1,3-11H2,2H3. The molecule has 20 heavy (non-hydrogen) atoms. The molecule has 0 aromatic rings. The Hall–Kier alpha value is -0.830. The molecule has 3 rings (SSSR count). The lowest BCUT2D eigenvalue weighted by molar-refractivity contribution is -0.228. The lowest BCUT2D eigenvalue weighted by Gasteiger charge is -2.59. The normalized spacial score (nSPS) is 43.5. The second-order valence-electron chi connectivity index (χ2n) is 7.21. The number of carbonyl (C=O) groups excluding carboxylic acids is 1. The predicted octanol–water partition coefficient (Wildman–Crippen LogP) is 3.36. The minimum absolute atomic E-state index is 0.148. The van der Waals surface area contributed by atoms with Crippen LogP contribution in [0, 0.1) is 11.8 Å². The third kappa shape index (κ3) is 2.11. The van der Waals surface area contributed by atoms with Gasteiger partial charge in [0.1, 0.15) is 5.60 Å². The topological polar surface area (TPSA) is 46.5 Å². The second-order valence-corrected chi connectivity index (χ2v) is 7.21. The first-order valence-electron chi connectivity index (χ1n) is 8.08. The molecule has 0 bridgehead atoms. The smallest absolute Gasteiger partial charge is 0.333 e. The van der Waals surface area contributed by atoms with Crippen LogP contribution in [0.15, 0.2) is 12.2 Å². The first-order chi connectivity index (χ1) is 9.47. The highest BCUT2D eigenvalue weighted by molar-refractivity contribution is 5.87. The molecule has 0 saturated heterocycles. The number of carbonyl (C=O) groups is 1. The molecule has 3 aliphatic rings. The zero-order valence-electron chi connectivity index (χ0n) is 12.5. The summed E-state index contributed by atoms with van der Waals surface area (Å²) in [6.45, 7) is 5.41. The lowest BCUT2D eigenvalue weighted by Crippen LogP contribution is -2.63. The van der Waals surface area contributed by atoms with Crippen LogP contribution in [0.5, 0.6) is 0 Å². The highest BCUT2D eigenvalue weighted by Crippen LogP contribution is 2.58. The second kappa shape index (κ2) is 4.87. The number of ether oxygens (including phenoxy) is 1. The Morgan fingerprint density at radius 1 is 1.15 bits per heavy atom. The van der Waals surface area contributed by atoms with Crippen molar-refractivity contribution in [3.05, 3.63) is 12.2 Å². The largest absolute Gasteiger partial charge is 0.455 e. The maximum absolute atomic E-state index is 12.1. The maximum atomic E-state index is 12.1. The van der Waals surface area contributed by atoms with E-state index >= 15 is 0 Å². The molecule has 3 nitrogen and oxygen atoms in total. The maximum Gasteiger partial charge on any atom is 0.333 e. The summed E-state index contributed by atoms with van der Waals surface area (Å²) in [5, 5.41) is 11.1. The van der Waals surface area contributed by atoms with E-state index in [0.717, 1.165) is 44.9 Å². The van der Waals surface area contributed by atoms with Gasteiger partial charge in [0.05, 0.1) is 5.60 Å².